The maximum atomic E-state index is 11.8. The molecule has 0 bridgehead atoms. The van der Waals surface area contributed by atoms with E-state index in [1.165, 1.54) is 19.1 Å². The molecule has 2 nitrogen and oxygen atoms in total. The van der Waals surface area contributed by atoms with E-state index in [0.717, 1.165) is 6.07 Å². The molecule has 0 spiro atoms. The van der Waals surface area contributed by atoms with Crippen LogP contribution in [0.2, 0.25) is 0 Å². The second-order valence-electron chi connectivity index (χ2n) is 2.69. The normalized spacial score (nSPS) is 11.1. The second-order valence-corrected chi connectivity index (χ2v) is 2.69. The summed E-state index contributed by atoms with van der Waals surface area (Å²) in [6, 6.07) is 3.87. The number of halogens is 3. The lowest BCUT2D eigenvalue weighted by atomic mass is 10.1. The molecule has 0 atom stereocenters. The molecule has 0 aliphatic heterocycles. The Bertz CT molecular complexity index is 344. The lowest BCUT2D eigenvalue weighted by Crippen LogP contribution is -2.17. The van der Waals surface area contributed by atoms with E-state index in [9.17, 15) is 18.0 Å². The van der Waals surface area contributed by atoms with Crippen molar-refractivity contribution < 1.29 is 22.7 Å². The van der Waals surface area contributed by atoms with Crippen molar-refractivity contribution in [2.45, 2.75) is 13.3 Å². The molecule has 0 saturated heterocycles. The maximum Gasteiger partial charge on any atom is 0.573 e. The molecule has 76 valence electrons. The molecular formula is C9H7F3O2. The molecule has 1 aromatic carbocycles. The minimum atomic E-state index is -4.73. The first-order valence-corrected chi connectivity index (χ1v) is 3.74. The molecule has 0 unspecified atom stereocenters. The SMILES string of the molecule is Cc1ccc(C=O)cc1OC(F)(F)F. The van der Waals surface area contributed by atoms with Crippen LogP contribution in [0.4, 0.5) is 13.2 Å². The average molecular weight is 204 g/mol. The fourth-order valence-corrected chi connectivity index (χ4v) is 0.925. The zero-order valence-corrected chi connectivity index (χ0v) is 7.26. The highest BCUT2D eigenvalue weighted by molar-refractivity contribution is 5.75. The van der Waals surface area contributed by atoms with E-state index in [2.05, 4.69) is 4.74 Å². The van der Waals surface area contributed by atoms with Gasteiger partial charge < -0.3 is 4.74 Å². The first-order chi connectivity index (χ1) is 6.42. The van der Waals surface area contributed by atoms with Crippen molar-refractivity contribution >= 4 is 6.29 Å². The topological polar surface area (TPSA) is 26.3 Å². The van der Waals surface area contributed by atoms with Crippen LogP contribution in [0, 0.1) is 6.92 Å². The Hall–Kier alpha value is -1.52. The fraction of sp³-hybridized carbons (Fsp3) is 0.222. The Labute approximate surface area is 78.3 Å². The molecule has 0 saturated carbocycles. The van der Waals surface area contributed by atoms with Crippen LogP contribution in [-0.4, -0.2) is 12.6 Å². The zero-order chi connectivity index (χ0) is 10.8. The van der Waals surface area contributed by atoms with Gasteiger partial charge in [0, 0.05) is 5.56 Å². The van der Waals surface area contributed by atoms with E-state index in [-0.39, 0.29) is 11.3 Å². The highest BCUT2D eigenvalue weighted by atomic mass is 19.4. The molecule has 0 radical (unpaired) electrons. The molecule has 0 N–H and O–H groups in total. The van der Waals surface area contributed by atoms with Crippen molar-refractivity contribution in [2.75, 3.05) is 0 Å². The van der Waals surface area contributed by atoms with Crippen molar-refractivity contribution in [3.05, 3.63) is 29.3 Å². The summed E-state index contributed by atoms with van der Waals surface area (Å²) in [7, 11) is 0. The summed E-state index contributed by atoms with van der Waals surface area (Å²) >= 11 is 0. The number of aldehydes is 1. The van der Waals surface area contributed by atoms with Crippen LogP contribution in [0.1, 0.15) is 15.9 Å². The molecule has 5 heteroatoms. The number of benzene rings is 1. The summed E-state index contributed by atoms with van der Waals surface area (Å²) in [6.45, 7) is 1.47. The van der Waals surface area contributed by atoms with E-state index in [1.807, 2.05) is 0 Å². The van der Waals surface area contributed by atoms with Crippen LogP contribution in [0.3, 0.4) is 0 Å². The molecule has 1 aromatic rings. The summed E-state index contributed by atoms with van der Waals surface area (Å²) in [4.78, 5) is 10.3. The standard InChI is InChI=1S/C9H7F3O2/c1-6-2-3-7(5-13)4-8(6)14-9(10,11)12/h2-5H,1H3. The minimum absolute atomic E-state index is 0.148. The van der Waals surface area contributed by atoms with E-state index in [1.54, 1.807) is 0 Å². The Kier molecular flexibility index (Phi) is 2.78. The Morgan fingerprint density at radius 1 is 1.36 bits per heavy atom. The van der Waals surface area contributed by atoms with E-state index in [0.29, 0.717) is 11.8 Å². The zero-order valence-electron chi connectivity index (χ0n) is 7.26. The number of alkyl halides is 3. The molecule has 14 heavy (non-hydrogen) atoms. The summed E-state index contributed by atoms with van der Waals surface area (Å²) in [5, 5.41) is 0. The molecular weight excluding hydrogens is 197 g/mol. The maximum absolute atomic E-state index is 11.8. The predicted octanol–water partition coefficient (Wildman–Crippen LogP) is 2.71. The van der Waals surface area contributed by atoms with Gasteiger partial charge in [-0.25, -0.2) is 0 Å². The third kappa shape index (κ3) is 2.76. The van der Waals surface area contributed by atoms with Crippen LogP contribution in [0.15, 0.2) is 18.2 Å². The van der Waals surface area contributed by atoms with Crippen molar-refractivity contribution in [3.8, 4) is 5.75 Å². The molecule has 0 aromatic heterocycles. The van der Waals surface area contributed by atoms with Crippen molar-refractivity contribution in [2.24, 2.45) is 0 Å². The van der Waals surface area contributed by atoms with Crippen LogP contribution in [-0.2, 0) is 0 Å². The summed E-state index contributed by atoms with van der Waals surface area (Å²) in [5.74, 6) is -0.345. The smallest absolute Gasteiger partial charge is 0.405 e. The number of aryl methyl sites for hydroxylation is 1. The number of carbonyl (C=O) groups excluding carboxylic acids is 1. The Morgan fingerprint density at radius 3 is 2.50 bits per heavy atom. The van der Waals surface area contributed by atoms with Crippen LogP contribution in [0.5, 0.6) is 5.75 Å². The average Bonchev–Trinajstić information content (AvgIpc) is 2.06. The van der Waals surface area contributed by atoms with Crippen molar-refractivity contribution in [1.29, 1.82) is 0 Å². The van der Waals surface area contributed by atoms with Crippen LogP contribution < -0.4 is 4.74 Å². The van der Waals surface area contributed by atoms with Gasteiger partial charge >= 0.3 is 6.36 Å². The quantitative estimate of drug-likeness (QED) is 0.692. The number of hydrogen-bond donors (Lipinski definition) is 0. The molecule has 0 fully saturated rings. The number of hydrogen-bond acceptors (Lipinski definition) is 2. The van der Waals surface area contributed by atoms with Crippen molar-refractivity contribution in [3.63, 3.8) is 0 Å². The summed E-state index contributed by atoms with van der Waals surface area (Å²) in [6.07, 6.45) is -4.27. The van der Waals surface area contributed by atoms with E-state index >= 15 is 0 Å². The number of rotatable bonds is 2. The molecule has 0 amide bonds. The highest BCUT2D eigenvalue weighted by Gasteiger charge is 2.31. The van der Waals surface area contributed by atoms with Gasteiger partial charge in [-0.2, -0.15) is 0 Å². The third-order valence-corrected chi connectivity index (χ3v) is 1.57. The number of ether oxygens (including phenoxy) is 1. The van der Waals surface area contributed by atoms with Crippen molar-refractivity contribution in [1.82, 2.24) is 0 Å². The van der Waals surface area contributed by atoms with E-state index in [4.69, 9.17) is 0 Å². The number of carbonyl (C=O) groups is 1. The van der Waals surface area contributed by atoms with Gasteiger partial charge in [0.2, 0.25) is 0 Å². The van der Waals surface area contributed by atoms with E-state index < -0.39 is 6.36 Å². The van der Waals surface area contributed by atoms with Gasteiger partial charge in [0.05, 0.1) is 0 Å². The second kappa shape index (κ2) is 3.69. The van der Waals surface area contributed by atoms with Gasteiger partial charge in [-0.3, -0.25) is 4.79 Å². The summed E-state index contributed by atoms with van der Waals surface area (Å²) < 4.78 is 39.3. The minimum Gasteiger partial charge on any atom is -0.405 e. The van der Waals surface area contributed by atoms with Gasteiger partial charge in [0.25, 0.3) is 0 Å². The van der Waals surface area contributed by atoms with Gasteiger partial charge in [-0.05, 0) is 18.6 Å². The van der Waals surface area contributed by atoms with Gasteiger partial charge in [-0.1, -0.05) is 12.1 Å². The predicted molar refractivity (Wildman–Crippen MR) is 43.2 cm³/mol. The molecule has 0 aliphatic carbocycles. The monoisotopic (exact) mass is 204 g/mol. The molecule has 1 rings (SSSR count). The largest absolute Gasteiger partial charge is 0.573 e. The molecule has 0 aliphatic rings. The Morgan fingerprint density at radius 2 is 2.00 bits per heavy atom. The van der Waals surface area contributed by atoms with Crippen LogP contribution >= 0.6 is 0 Å². The van der Waals surface area contributed by atoms with Gasteiger partial charge in [0.1, 0.15) is 12.0 Å². The lowest BCUT2D eigenvalue weighted by molar-refractivity contribution is -0.274. The third-order valence-electron chi connectivity index (χ3n) is 1.57. The first-order valence-electron chi connectivity index (χ1n) is 3.74. The first kappa shape index (κ1) is 10.6. The van der Waals surface area contributed by atoms with Gasteiger partial charge in [0.15, 0.2) is 0 Å². The Balaban J connectivity index is 3.01. The van der Waals surface area contributed by atoms with Gasteiger partial charge in [-0.15, -0.1) is 13.2 Å². The highest BCUT2D eigenvalue weighted by Crippen LogP contribution is 2.26. The summed E-state index contributed by atoms with van der Waals surface area (Å²) in [5.41, 5.74) is 0.475. The van der Waals surface area contributed by atoms with Crippen LogP contribution in [0.25, 0.3) is 0 Å². The fourth-order valence-electron chi connectivity index (χ4n) is 0.925. The lowest BCUT2D eigenvalue weighted by Gasteiger charge is -2.11. The molecule has 0 heterocycles.